The maximum atomic E-state index is 2.52. The third kappa shape index (κ3) is 3.93. The molecule has 0 saturated carbocycles. The van der Waals surface area contributed by atoms with Gasteiger partial charge in [0.05, 0.1) is 0 Å². The molecule has 0 bridgehead atoms. The fourth-order valence-electron chi connectivity index (χ4n) is 4.25. The van der Waals surface area contributed by atoms with Crippen LogP contribution in [0.25, 0.3) is 0 Å². The van der Waals surface area contributed by atoms with E-state index in [1.807, 2.05) is 0 Å². The molecule has 0 aliphatic heterocycles. The van der Waals surface area contributed by atoms with Crippen molar-refractivity contribution >= 4 is 41.7 Å². The van der Waals surface area contributed by atoms with E-state index in [0.717, 1.165) is 6.16 Å². The van der Waals surface area contributed by atoms with Crippen molar-refractivity contribution in [3.05, 3.63) is 115 Å². The number of benzene rings is 4. The second kappa shape index (κ2) is 9.04. The second-order valence-electron chi connectivity index (χ2n) is 7.45. The Morgan fingerprint density at radius 1 is 0.586 bits per heavy atom. The van der Waals surface area contributed by atoms with Crippen molar-refractivity contribution in [2.75, 3.05) is 12.8 Å². The number of rotatable bonds is 6. The van der Waals surface area contributed by atoms with Crippen molar-refractivity contribution < 1.29 is 0 Å². The summed E-state index contributed by atoms with van der Waals surface area (Å²) in [5.41, 5.74) is 0. The van der Waals surface area contributed by atoms with E-state index in [1.165, 1.54) is 21.2 Å². The molecule has 29 heavy (non-hydrogen) atoms. The average Bonchev–Trinajstić information content (AvgIpc) is 2.81. The van der Waals surface area contributed by atoms with Gasteiger partial charge >= 0.3 is 177 Å². The molecule has 4 aromatic carbocycles. The first-order valence-corrected chi connectivity index (χ1v) is 14.3. The molecule has 146 valence electrons. The molecule has 0 heterocycles. The summed E-state index contributed by atoms with van der Waals surface area (Å²) < 4.78 is 0. The monoisotopic (exact) mass is 414 g/mol. The van der Waals surface area contributed by atoms with Crippen LogP contribution in [-0.4, -0.2) is 12.8 Å². The Morgan fingerprint density at radius 2 is 1.03 bits per heavy atom. The van der Waals surface area contributed by atoms with E-state index in [4.69, 9.17) is 0 Å². The zero-order valence-electron chi connectivity index (χ0n) is 17.1. The molecule has 0 N–H and O–H groups in total. The molecule has 2 heteroatoms. The van der Waals surface area contributed by atoms with Crippen molar-refractivity contribution in [1.29, 1.82) is 0 Å². The van der Waals surface area contributed by atoms with Gasteiger partial charge in [0.25, 0.3) is 0 Å². The topological polar surface area (TPSA) is 0 Å². The van der Waals surface area contributed by atoms with E-state index in [1.54, 1.807) is 5.30 Å². The molecule has 0 fully saturated rings. The van der Waals surface area contributed by atoms with Gasteiger partial charge in [0.15, 0.2) is 0 Å². The van der Waals surface area contributed by atoms with Crippen LogP contribution >= 0.6 is 15.2 Å². The Morgan fingerprint density at radius 3 is 1.55 bits per heavy atom. The zero-order chi connectivity index (χ0) is 20.1. The quantitative estimate of drug-likeness (QED) is 0.398. The summed E-state index contributed by atoms with van der Waals surface area (Å²) in [5, 5.41) is 7.50. The van der Waals surface area contributed by atoms with E-state index < -0.39 is 7.26 Å². The van der Waals surface area contributed by atoms with E-state index in [0.29, 0.717) is 0 Å². The summed E-state index contributed by atoms with van der Waals surface area (Å²) in [6.07, 6.45) is 1.16. The molecule has 0 aliphatic carbocycles. The van der Waals surface area contributed by atoms with Crippen LogP contribution < -0.4 is 26.5 Å². The van der Waals surface area contributed by atoms with Crippen LogP contribution in [0.15, 0.2) is 115 Å². The fraction of sp³-hybridized carbons (Fsp3) is 0.111. The Kier molecular flexibility index (Phi) is 6.25. The number of hydrogen-bond donors (Lipinski definition) is 0. The molecule has 4 aromatic rings. The third-order valence-electron chi connectivity index (χ3n) is 5.82. The van der Waals surface area contributed by atoms with Crippen LogP contribution in [0.3, 0.4) is 0 Å². The molecule has 1 unspecified atom stereocenters. The molecule has 0 spiro atoms. The average molecular weight is 414 g/mol. The standard InChI is InChI=1S/C27H28P2/c1-3-28(23-15-7-4-8-16-23)26-21-13-14-22-27(26)29(2,24-17-9-5-10-18-24)25-19-11-6-12-20-25/h4-22,29H,3H2,1-2H3. The first-order valence-electron chi connectivity index (χ1n) is 10.3. The third-order valence-corrected chi connectivity index (χ3v) is 13.0. The molecule has 0 aliphatic rings. The molecule has 0 nitrogen and oxygen atoms in total. The van der Waals surface area contributed by atoms with Gasteiger partial charge in [-0.25, -0.2) is 0 Å². The van der Waals surface area contributed by atoms with Crippen LogP contribution in [-0.2, 0) is 0 Å². The fourth-order valence-corrected chi connectivity index (χ4v) is 11.2. The predicted molar refractivity (Wildman–Crippen MR) is 136 cm³/mol. The van der Waals surface area contributed by atoms with Crippen molar-refractivity contribution in [3.8, 4) is 0 Å². The van der Waals surface area contributed by atoms with Gasteiger partial charge in [0.1, 0.15) is 0 Å². The van der Waals surface area contributed by atoms with Gasteiger partial charge in [-0.1, -0.05) is 0 Å². The summed E-state index contributed by atoms with van der Waals surface area (Å²) in [5.74, 6) is 0. The van der Waals surface area contributed by atoms with Crippen molar-refractivity contribution in [2.45, 2.75) is 6.92 Å². The van der Waals surface area contributed by atoms with Gasteiger partial charge in [0.2, 0.25) is 0 Å². The molecule has 0 saturated heterocycles. The Labute approximate surface area is 176 Å². The van der Waals surface area contributed by atoms with Gasteiger partial charge in [-0.15, -0.1) is 0 Å². The Bertz CT molecular complexity index is 1000. The van der Waals surface area contributed by atoms with Gasteiger partial charge in [-0.2, -0.15) is 0 Å². The minimum atomic E-state index is -2.12. The van der Waals surface area contributed by atoms with Crippen molar-refractivity contribution in [2.24, 2.45) is 0 Å². The van der Waals surface area contributed by atoms with E-state index in [-0.39, 0.29) is 7.92 Å². The van der Waals surface area contributed by atoms with Crippen LogP contribution in [0.1, 0.15) is 6.92 Å². The summed E-state index contributed by atoms with van der Waals surface area (Å²) in [4.78, 5) is 0. The molecule has 0 amide bonds. The van der Waals surface area contributed by atoms with Gasteiger partial charge in [-0.05, 0) is 0 Å². The van der Waals surface area contributed by atoms with Gasteiger partial charge in [-0.3, -0.25) is 0 Å². The van der Waals surface area contributed by atoms with E-state index in [9.17, 15) is 0 Å². The molecule has 0 aromatic heterocycles. The normalized spacial score (nSPS) is 13.0. The van der Waals surface area contributed by atoms with Crippen LogP contribution in [0, 0.1) is 0 Å². The predicted octanol–water partition coefficient (Wildman–Crippen LogP) is 4.80. The Balaban J connectivity index is 1.96. The molecule has 4 rings (SSSR count). The van der Waals surface area contributed by atoms with E-state index in [2.05, 4.69) is 129 Å². The summed E-state index contributed by atoms with van der Waals surface area (Å²) in [7, 11) is -2.50. The summed E-state index contributed by atoms with van der Waals surface area (Å²) >= 11 is 0. The first kappa shape index (κ1) is 20.0. The Hall–Kier alpha value is -2.26. The molecule has 1 atom stereocenters. The molecular weight excluding hydrogens is 386 g/mol. The van der Waals surface area contributed by atoms with Crippen molar-refractivity contribution in [3.63, 3.8) is 0 Å². The first-order chi connectivity index (χ1) is 14.2. The van der Waals surface area contributed by atoms with Crippen LogP contribution in [0.4, 0.5) is 0 Å². The molecule has 0 radical (unpaired) electrons. The summed E-state index contributed by atoms with van der Waals surface area (Å²) in [6, 6.07) is 42.6. The van der Waals surface area contributed by atoms with Crippen molar-refractivity contribution in [1.82, 2.24) is 0 Å². The van der Waals surface area contributed by atoms with Gasteiger partial charge in [0, 0.05) is 0 Å². The maximum absolute atomic E-state index is 2.52. The number of hydrogen-bond acceptors (Lipinski definition) is 0. The zero-order valence-corrected chi connectivity index (χ0v) is 19.0. The van der Waals surface area contributed by atoms with Gasteiger partial charge < -0.3 is 0 Å². The molecular formula is C27H28P2. The van der Waals surface area contributed by atoms with Crippen LogP contribution in [0.5, 0.6) is 0 Å². The SMILES string of the molecule is CCP(c1ccccc1)c1ccccc1[PH](C)(c1ccccc1)c1ccccc1. The summed E-state index contributed by atoms with van der Waals surface area (Å²) in [6.45, 7) is 4.85. The van der Waals surface area contributed by atoms with E-state index >= 15 is 0 Å². The second-order valence-corrected chi connectivity index (χ2v) is 13.9. The van der Waals surface area contributed by atoms with Crippen LogP contribution in [0.2, 0.25) is 0 Å². The minimum absolute atomic E-state index is 0.380.